The van der Waals surface area contributed by atoms with E-state index in [-0.39, 0.29) is 0 Å². The van der Waals surface area contributed by atoms with Crippen molar-refractivity contribution in [3.05, 3.63) is 78.5 Å². The molecule has 1 aromatic heterocycles. The molecule has 0 N–H and O–H groups in total. The minimum Gasteiger partial charge on any atom is -0.256 e. The fraction of sp³-hybridized carbons (Fsp3) is 0.0556. The molecule has 1 nitrogen and oxygen atoms in total. The van der Waals surface area contributed by atoms with Crippen LogP contribution in [0.25, 0.3) is 22.4 Å². The summed E-state index contributed by atoms with van der Waals surface area (Å²) in [5, 5.41) is 0. The third-order valence-corrected chi connectivity index (χ3v) is 3.39. The number of hydrogen-bond donors (Lipinski definition) is 0. The predicted octanol–water partition coefficient (Wildman–Crippen LogP) is 5.43. The van der Waals surface area contributed by atoms with Crippen LogP contribution < -0.4 is 0 Å². The second kappa shape index (κ2) is 5.64. The number of benzene rings is 2. The molecular weight excluding hydrogens is 287 g/mol. The first-order valence-corrected chi connectivity index (χ1v) is 6.74. The number of alkyl halides is 3. The van der Waals surface area contributed by atoms with Gasteiger partial charge in [0.2, 0.25) is 0 Å². The summed E-state index contributed by atoms with van der Waals surface area (Å²) in [6, 6.07) is 18.3. The molecule has 2 aromatic carbocycles. The molecule has 4 heteroatoms. The Hall–Kier alpha value is -2.62. The first kappa shape index (κ1) is 14.3. The van der Waals surface area contributed by atoms with Crippen LogP contribution in [0.3, 0.4) is 0 Å². The van der Waals surface area contributed by atoms with E-state index >= 15 is 0 Å². The van der Waals surface area contributed by atoms with E-state index < -0.39 is 11.7 Å². The maximum absolute atomic E-state index is 12.7. The van der Waals surface area contributed by atoms with Crippen LogP contribution in [0.4, 0.5) is 13.2 Å². The number of halogens is 3. The fourth-order valence-electron chi connectivity index (χ4n) is 2.32. The van der Waals surface area contributed by atoms with Gasteiger partial charge in [-0.15, -0.1) is 0 Å². The molecule has 0 fully saturated rings. The quantitative estimate of drug-likeness (QED) is 0.614. The van der Waals surface area contributed by atoms with E-state index in [9.17, 15) is 13.2 Å². The lowest BCUT2D eigenvalue weighted by molar-refractivity contribution is -0.137. The molecule has 22 heavy (non-hydrogen) atoms. The van der Waals surface area contributed by atoms with Gasteiger partial charge in [-0.1, -0.05) is 42.5 Å². The van der Waals surface area contributed by atoms with E-state index in [4.69, 9.17) is 0 Å². The predicted molar refractivity (Wildman–Crippen MR) is 80.1 cm³/mol. The zero-order valence-corrected chi connectivity index (χ0v) is 11.5. The minimum atomic E-state index is -4.32. The summed E-state index contributed by atoms with van der Waals surface area (Å²) in [6.07, 6.45) is -2.63. The van der Waals surface area contributed by atoms with Gasteiger partial charge in [0.25, 0.3) is 0 Å². The van der Waals surface area contributed by atoms with Crippen molar-refractivity contribution < 1.29 is 13.2 Å². The number of pyridine rings is 1. The Kier molecular flexibility index (Phi) is 3.67. The minimum absolute atomic E-state index is 0.647. The van der Waals surface area contributed by atoms with Crippen LogP contribution in [-0.4, -0.2) is 4.98 Å². The molecule has 0 aliphatic rings. The molecule has 0 saturated heterocycles. The monoisotopic (exact) mass is 299 g/mol. The van der Waals surface area contributed by atoms with Crippen molar-refractivity contribution in [2.45, 2.75) is 6.18 Å². The van der Waals surface area contributed by atoms with Gasteiger partial charge in [-0.25, -0.2) is 0 Å². The van der Waals surface area contributed by atoms with E-state index in [1.54, 1.807) is 6.20 Å². The molecule has 1 heterocycles. The van der Waals surface area contributed by atoms with Gasteiger partial charge in [0.1, 0.15) is 0 Å². The summed E-state index contributed by atoms with van der Waals surface area (Å²) >= 11 is 0. The molecule has 0 bridgehead atoms. The summed E-state index contributed by atoms with van der Waals surface area (Å²) in [6.45, 7) is 0. The molecule has 3 aromatic rings. The van der Waals surface area contributed by atoms with Crippen molar-refractivity contribution >= 4 is 0 Å². The van der Waals surface area contributed by atoms with Crippen LogP contribution in [-0.2, 0) is 6.18 Å². The Bertz CT molecular complexity index is 762. The smallest absolute Gasteiger partial charge is 0.256 e. The Morgan fingerprint density at radius 1 is 0.682 bits per heavy atom. The van der Waals surface area contributed by atoms with E-state index in [1.165, 1.54) is 12.1 Å². The molecule has 0 amide bonds. The third-order valence-electron chi connectivity index (χ3n) is 3.39. The zero-order chi connectivity index (χ0) is 15.6. The number of nitrogens with zero attached hydrogens (tertiary/aromatic N) is 1. The fourth-order valence-corrected chi connectivity index (χ4v) is 2.32. The van der Waals surface area contributed by atoms with Crippen molar-refractivity contribution in [3.8, 4) is 22.4 Å². The highest BCUT2D eigenvalue weighted by Gasteiger charge is 2.30. The maximum Gasteiger partial charge on any atom is 0.416 e. The van der Waals surface area contributed by atoms with Crippen LogP contribution in [0.1, 0.15) is 5.56 Å². The summed E-state index contributed by atoms with van der Waals surface area (Å²) in [5.41, 5.74) is 2.62. The maximum atomic E-state index is 12.7. The van der Waals surface area contributed by atoms with Crippen LogP contribution >= 0.6 is 0 Å². The SMILES string of the molecule is FC(F)(F)c1ccc(-c2ccccc2-c2ccccn2)cc1. The van der Waals surface area contributed by atoms with Crippen molar-refractivity contribution in [2.75, 3.05) is 0 Å². The van der Waals surface area contributed by atoms with Crippen molar-refractivity contribution in [2.24, 2.45) is 0 Å². The second-order valence-corrected chi connectivity index (χ2v) is 4.84. The molecule has 0 unspecified atom stereocenters. The van der Waals surface area contributed by atoms with Gasteiger partial charge in [-0.3, -0.25) is 4.98 Å². The molecule has 0 atom stereocenters. The third kappa shape index (κ3) is 2.86. The highest BCUT2D eigenvalue weighted by atomic mass is 19.4. The Labute approximate surface area is 126 Å². The van der Waals surface area contributed by atoms with Gasteiger partial charge in [0.15, 0.2) is 0 Å². The van der Waals surface area contributed by atoms with E-state index in [1.807, 2.05) is 42.5 Å². The molecular formula is C18H12F3N. The van der Waals surface area contributed by atoms with Gasteiger partial charge >= 0.3 is 6.18 Å². The lowest BCUT2D eigenvalue weighted by atomic mass is 9.96. The van der Waals surface area contributed by atoms with Crippen LogP contribution in [0, 0.1) is 0 Å². The highest BCUT2D eigenvalue weighted by Crippen LogP contribution is 2.34. The van der Waals surface area contributed by atoms with Crippen LogP contribution in [0.15, 0.2) is 72.9 Å². The van der Waals surface area contributed by atoms with Gasteiger partial charge < -0.3 is 0 Å². The summed E-state index contributed by atoms with van der Waals surface area (Å²) in [4.78, 5) is 4.31. The molecule has 0 aliphatic carbocycles. The first-order chi connectivity index (χ1) is 10.6. The molecule has 0 radical (unpaired) electrons. The lowest BCUT2D eigenvalue weighted by Crippen LogP contribution is -2.04. The summed E-state index contributed by atoms with van der Waals surface area (Å²) in [5.74, 6) is 0. The lowest BCUT2D eigenvalue weighted by Gasteiger charge is -2.11. The average molecular weight is 299 g/mol. The number of aromatic nitrogens is 1. The normalized spacial score (nSPS) is 11.4. The average Bonchev–Trinajstić information content (AvgIpc) is 2.55. The van der Waals surface area contributed by atoms with Crippen molar-refractivity contribution in [3.63, 3.8) is 0 Å². The molecule has 0 saturated carbocycles. The van der Waals surface area contributed by atoms with Gasteiger partial charge in [-0.2, -0.15) is 13.2 Å². The van der Waals surface area contributed by atoms with E-state index in [2.05, 4.69) is 4.98 Å². The molecule has 0 aliphatic heterocycles. The number of hydrogen-bond acceptors (Lipinski definition) is 1. The largest absolute Gasteiger partial charge is 0.416 e. The molecule has 3 rings (SSSR count). The highest BCUT2D eigenvalue weighted by molar-refractivity contribution is 5.81. The number of rotatable bonds is 2. The van der Waals surface area contributed by atoms with Gasteiger partial charge in [0.05, 0.1) is 11.3 Å². The van der Waals surface area contributed by atoms with Crippen LogP contribution in [0.2, 0.25) is 0 Å². The molecule has 110 valence electrons. The van der Waals surface area contributed by atoms with Crippen molar-refractivity contribution in [1.29, 1.82) is 0 Å². The zero-order valence-electron chi connectivity index (χ0n) is 11.5. The van der Waals surface area contributed by atoms with Crippen LogP contribution in [0.5, 0.6) is 0 Å². The summed E-state index contributed by atoms with van der Waals surface area (Å²) in [7, 11) is 0. The van der Waals surface area contributed by atoms with E-state index in [0.29, 0.717) is 0 Å². The Balaban J connectivity index is 2.06. The standard InChI is InChI=1S/C18H12F3N/c19-18(20,21)14-10-8-13(9-11-14)15-5-1-2-6-16(15)17-7-3-4-12-22-17/h1-12H. The topological polar surface area (TPSA) is 12.9 Å². The van der Waals surface area contributed by atoms with Gasteiger partial charge in [0, 0.05) is 11.8 Å². The first-order valence-electron chi connectivity index (χ1n) is 6.74. The summed E-state index contributed by atoms with van der Waals surface area (Å²) < 4.78 is 38.0. The molecule has 0 spiro atoms. The van der Waals surface area contributed by atoms with Gasteiger partial charge in [-0.05, 0) is 35.4 Å². The Morgan fingerprint density at radius 3 is 1.91 bits per heavy atom. The second-order valence-electron chi connectivity index (χ2n) is 4.84. The van der Waals surface area contributed by atoms with Crippen molar-refractivity contribution in [1.82, 2.24) is 4.98 Å². The van der Waals surface area contributed by atoms with E-state index in [0.717, 1.165) is 34.5 Å². The Morgan fingerprint density at radius 2 is 1.32 bits per heavy atom.